The predicted molar refractivity (Wildman–Crippen MR) is 178 cm³/mol. The number of hydrogen-bond acceptors (Lipinski definition) is 0. The number of hydrogen-bond donors (Lipinski definition) is 0. The molecule has 0 bridgehead atoms. The normalized spacial score (nSPS) is 16.8. The Morgan fingerprint density at radius 2 is 1.36 bits per heavy atom. The summed E-state index contributed by atoms with van der Waals surface area (Å²) >= 11 is 0. The lowest BCUT2D eigenvalue weighted by atomic mass is 9.70. The van der Waals surface area contributed by atoms with Gasteiger partial charge in [-0.25, -0.2) is 0 Å². The zero-order chi connectivity index (χ0) is 28.0. The third-order valence-corrected chi connectivity index (χ3v) is 9.96. The zero-order valence-electron chi connectivity index (χ0n) is 23.9. The summed E-state index contributed by atoms with van der Waals surface area (Å²) in [5, 5.41) is 9.33. The molecule has 6 aromatic carbocycles. The van der Waals surface area contributed by atoms with Crippen molar-refractivity contribution in [2.45, 2.75) is 31.6 Å². The van der Waals surface area contributed by atoms with Crippen molar-refractivity contribution in [1.29, 1.82) is 0 Å². The number of fused-ring (bicyclic) bond motifs is 8. The number of rotatable bonds is 2. The molecule has 1 atom stereocenters. The lowest BCUT2D eigenvalue weighted by Crippen LogP contribution is -2.44. The summed E-state index contributed by atoms with van der Waals surface area (Å²) in [6.07, 6.45) is 3.59. The second kappa shape index (κ2) is 8.57. The van der Waals surface area contributed by atoms with E-state index >= 15 is 0 Å². The quantitative estimate of drug-likeness (QED) is 0.194. The van der Waals surface area contributed by atoms with Crippen LogP contribution < -0.4 is 10.6 Å². The van der Waals surface area contributed by atoms with Crippen LogP contribution in [0.4, 0.5) is 0 Å². The predicted octanol–water partition coefficient (Wildman–Crippen LogP) is 9.01. The van der Waals surface area contributed by atoms with E-state index in [2.05, 4.69) is 152 Å². The maximum atomic E-state index is 2.56. The van der Waals surface area contributed by atoms with Gasteiger partial charge in [0.1, 0.15) is 0 Å². The first kappa shape index (κ1) is 23.8. The molecule has 1 unspecified atom stereocenters. The first-order valence-corrected chi connectivity index (χ1v) is 15.1. The van der Waals surface area contributed by atoms with Crippen LogP contribution in [0.2, 0.25) is 0 Å². The molecule has 0 fully saturated rings. The number of para-hydroxylation sites is 1. The Balaban J connectivity index is 1.40. The van der Waals surface area contributed by atoms with Crippen molar-refractivity contribution in [2.75, 3.05) is 0 Å². The second-order valence-corrected chi connectivity index (χ2v) is 12.5. The molecule has 0 spiro atoms. The molecule has 200 valence electrons. The van der Waals surface area contributed by atoms with E-state index in [4.69, 9.17) is 0 Å². The highest BCUT2D eigenvalue weighted by atomic mass is 15.0. The van der Waals surface area contributed by atoms with Crippen molar-refractivity contribution in [2.24, 2.45) is 0 Å². The van der Waals surface area contributed by atoms with Gasteiger partial charge in [-0.05, 0) is 80.1 Å². The molecule has 1 heteroatoms. The van der Waals surface area contributed by atoms with Gasteiger partial charge in [0.2, 0.25) is 0 Å². The molecule has 1 aromatic heterocycles. The maximum Gasteiger partial charge on any atom is 0.0541 e. The molecule has 1 nitrogen and oxygen atoms in total. The maximum absolute atomic E-state index is 2.56. The van der Waals surface area contributed by atoms with Gasteiger partial charge in [-0.15, -0.1) is 0 Å². The minimum absolute atomic E-state index is 0.0472. The Morgan fingerprint density at radius 3 is 2.21 bits per heavy atom. The molecular formula is C41H31N. The van der Waals surface area contributed by atoms with Gasteiger partial charge in [-0.1, -0.05) is 123 Å². The second-order valence-electron chi connectivity index (χ2n) is 12.5. The zero-order valence-corrected chi connectivity index (χ0v) is 23.9. The van der Waals surface area contributed by atoms with Crippen LogP contribution in [-0.4, -0.2) is 4.57 Å². The molecular weight excluding hydrogens is 506 g/mol. The molecule has 0 saturated heterocycles. The average Bonchev–Trinajstić information content (AvgIpc) is 3.37. The van der Waals surface area contributed by atoms with Gasteiger partial charge in [-0.2, -0.15) is 0 Å². The van der Waals surface area contributed by atoms with Gasteiger partial charge in [0, 0.05) is 21.9 Å². The summed E-state index contributed by atoms with van der Waals surface area (Å²) in [7, 11) is 0. The Kier molecular flexibility index (Phi) is 4.85. The van der Waals surface area contributed by atoms with Crippen molar-refractivity contribution < 1.29 is 0 Å². The van der Waals surface area contributed by atoms with E-state index in [0.717, 1.165) is 6.42 Å². The van der Waals surface area contributed by atoms with E-state index in [1.165, 1.54) is 71.0 Å². The minimum Gasteiger partial charge on any atom is -0.309 e. The van der Waals surface area contributed by atoms with Gasteiger partial charge in [0.25, 0.3) is 0 Å². The molecule has 7 aromatic rings. The number of aromatic nitrogens is 1. The van der Waals surface area contributed by atoms with Gasteiger partial charge in [0.05, 0.1) is 16.6 Å². The fourth-order valence-corrected chi connectivity index (χ4v) is 7.89. The summed E-state index contributed by atoms with van der Waals surface area (Å²) in [6, 6.07) is 47.3. The molecule has 9 rings (SSSR count). The smallest absolute Gasteiger partial charge is 0.0541 e. The van der Waals surface area contributed by atoms with Crippen LogP contribution in [0.3, 0.4) is 0 Å². The van der Waals surface area contributed by atoms with E-state index in [1.807, 2.05) is 0 Å². The molecule has 2 heterocycles. The third kappa shape index (κ3) is 3.20. The molecule has 42 heavy (non-hydrogen) atoms. The Bertz CT molecular complexity index is 2350. The van der Waals surface area contributed by atoms with Gasteiger partial charge >= 0.3 is 0 Å². The Labute approximate surface area is 245 Å². The summed E-state index contributed by atoms with van der Waals surface area (Å²) in [5.41, 5.74) is 9.47. The van der Waals surface area contributed by atoms with E-state index < -0.39 is 0 Å². The third-order valence-electron chi connectivity index (χ3n) is 9.96. The van der Waals surface area contributed by atoms with Crippen LogP contribution >= 0.6 is 0 Å². The van der Waals surface area contributed by atoms with Crippen LogP contribution in [0.5, 0.6) is 0 Å². The Hall–Kier alpha value is -4.88. The average molecular weight is 538 g/mol. The van der Waals surface area contributed by atoms with E-state index in [9.17, 15) is 0 Å². The van der Waals surface area contributed by atoms with Crippen molar-refractivity contribution in [3.05, 3.63) is 149 Å². The van der Waals surface area contributed by atoms with E-state index in [1.54, 1.807) is 5.57 Å². The minimum atomic E-state index is -0.0472. The molecule has 1 aliphatic heterocycles. The van der Waals surface area contributed by atoms with Crippen molar-refractivity contribution in [3.8, 4) is 16.8 Å². The number of benzene rings is 6. The van der Waals surface area contributed by atoms with Gasteiger partial charge in [0.15, 0.2) is 0 Å². The van der Waals surface area contributed by atoms with Crippen molar-refractivity contribution in [3.63, 3.8) is 0 Å². The van der Waals surface area contributed by atoms with Crippen LogP contribution in [0.1, 0.15) is 37.3 Å². The summed E-state index contributed by atoms with van der Waals surface area (Å²) in [5.74, 6) is 0.349. The first-order valence-electron chi connectivity index (χ1n) is 15.1. The summed E-state index contributed by atoms with van der Waals surface area (Å²) < 4.78 is 2.56. The monoisotopic (exact) mass is 537 g/mol. The van der Waals surface area contributed by atoms with Gasteiger partial charge < -0.3 is 4.57 Å². The van der Waals surface area contributed by atoms with Crippen molar-refractivity contribution in [1.82, 2.24) is 4.57 Å². The van der Waals surface area contributed by atoms with Crippen molar-refractivity contribution >= 4 is 44.1 Å². The van der Waals surface area contributed by atoms with Crippen LogP contribution in [0, 0.1) is 0 Å². The summed E-state index contributed by atoms with van der Waals surface area (Å²) in [6.45, 7) is 4.85. The fourth-order valence-electron chi connectivity index (χ4n) is 7.89. The lowest BCUT2D eigenvalue weighted by Gasteiger charge is -2.37. The molecule has 0 radical (unpaired) electrons. The highest BCUT2D eigenvalue weighted by Gasteiger charge is 2.37. The van der Waals surface area contributed by atoms with E-state index in [-0.39, 0.29) is 5.41 Å². The molecule has 1 aliphatic carbocycles. The van der Waals surface area contributed by atoms with Crippen LogP contribution in [-0.2, 0) is 5.41 Å². The lowest BCUT2D eigenvalue weighted by molar-refractivity contribution is 0.623. The number of nitrogens with zero attached hydrogens (tertiary/aromatic N) is 1. The highest BCUT2D eigenvalue weighted by molar-refractivity contribution is 6.14. The molecule has 0 amide bonds. The van der Waals surface area contributed by atoms with E-state index in [0.29, 0.717) is 5.92 Å². The standard InChI is InChI=1S/C41H31N/c1-41(2)36-18-10-11-19-39(36)42-38-21-20-28(33-22-27-14-6-7-15-30(27)31-16-8-9-17-32(31)33)23-34(38)35-24-29(25-37(41)40(35)42)26-12-4-3-5-13-26/h3-24,29H,25H2,1-2H3. The summed E-state index contributed by atoms with van der Waals surface area (Å²) in [4.78, 5) is 0. The SMILES string of the molecule is CC1(C)C2=c3c(c4cc(-c5cc6ccccc6c6ccccc56)ccc4n3-c3ccccc31)=CC(c1ccccc1)C2. The largest absolute Gasteiger partial charge is 0.309 e. The molecule has 2 aliphatic rings. The first-order chi connectivity index (χ1) is 20.6. The topological polar surface area (TPSA) is 4.93 Å². The van der Waals surface area contributed by atoms with Crippen LogP contribution in [0.15, 0.2) is 127 Å². The Morgan fingerprint density at radius 1 is 0.643 bits per heavy atom. The molecule has 0 saturated carbocycles. The highest BCUT2D eigenvalue weighted by Crippen LogP contribution is 2.45. The fraction of sp³-hybridized carbons (Fsp3) is 0.122. The van der Waals surface area contributed by atoms with Crippen LogP contribution in [0.25, 0.3) is 60.9 Å². The van der Waals surface area contributed by atoms with Gasteiger partial charge in [-0.3, -0.25) is 0 Å². The molecule has 0 N–H and O–H groups in total.